The third-order valence-electron chi connectivity index (χ3n) is 5.66. The first kappa shape index (κ1) is 17.7. The number of benzene rings is 1. The van der Waals surface area contributed by atoms with Crippen LogP contribution in [-0.4, -0.2) is 30.9 Å². The molecule has 4 bridgehead atoms. The van der Waals surface area contributed by atoms with Crippen LogP contribution in [0.1, 0.15) is 49.8 Å². The van der Waals surface area contributed by atoms with Gasteiger partial charge in [0, 0.05) is 12.6 Å². The van der Waals surface area contributed by atoms with Crippen molar-refractivity contribution in [2.24, 2.45) is 5.92 Å². The molecule has 1 aliphatic carbocycles. The predicted molar refractivity (Wildman–Crippen MR) is 93.7 cm³/mol. The molecule has 4 rings (SSSR count). The van der Waals surface area contributed by atoms with Crippen LogP contribution in [0.25, 0.3) is 0 Å². The summed E-state index contributed by atoms with van der Waals surface area (Å²) in [5, 5.41) is 2.73. The van der Waals surface area contributed by atoms with E-state index < -0.39 is 6.09 Å². The molecule has 1 amide bonds. The summed E-state index contributed by atoms with van der Waals surface area (Å²) in [4.78, 5) is 11.8. The summed E-state index contributed by atoms with van der Waals surface area (Å²) in [6.45, 7) is 2.59. The van der Waals surface area contributed by atoms with Gasteiger partial charge in [0.2, 0.25) is 0 Å². The lowest BCUT2D eigenvalue weighted by Crippen LogP contribution is -2.38. The number of halogens is 1. The number of hydrazine groups is 1. The van der Waals surface area contributed by atoms with Crippen LogP contribution in [0, 0.1) is 11.7 Å². The molecule has 0 spiro atoms. The molecule has 0 aromatic heterocycles. The fraction of sp³-hybridized carbons (Fsp3) is 0.632. The minimum atomic E-state index is -0.489. The highest BCUT2D eigenvalue weighted by Crippen LogP contribution is 2.39. The second kappa shape index (κ2) is 7.50. The molecule has 3 N–H and O–H groups in total. The number of alkyl carbamates (subject to hydrolysis) is 1. The van der Waals surface area contributed by atoms with E-state index in [1.807, 2.05) is 13.0 Å². The minimum absolute atomic E-state index is 0.0233. The fourth-order valence-corrected chi connectivity index (χ4v) is 4.38. The summed E-state index contributed by atoms with van der Waals surface area (Å²) < 4.78 is 25.6. The molecule has 142 valence electrons. The summed E-state index contributed by atoms with van der Waals surface area (Å²) in [6, 6.07) is 5.30. The first-order valence-corrected chi connectivity index (χ1v) is 9.45. The van der Waals surface area contributed by atoms with Crippen molar-refractivity contribution in [2.75, 3.05) is 6.54 Å². The Morgan fingerprint density at radius 3 is 2.92 bits per heavy atom. The van der Waals surface area contributed by atoms with Crippen molar-refractivity contribution in [3.63, 3.8) is 0 Å². The molecule has 4 unspecified atom stereocenters. The quantitative estimate of drug-likeness (QED) is 0.661. The van der Waals surface area contributed by atoms with Crippen LogP contribution in [-0.2, 0) is 16.1 Å². The van der Waals surface area contributed by atoms with Crippen molar-refractivity contribution in [2.45, 2.75) is 63.5 Å². The smallest absolute Gasteiger partial charge is 0.407 e. The summed E-state index contributed by atoms with van der Waals surface area (Å²) in [6.07, 6.45) is 3.50. The van der Waals surface area contributed by atoms with E-state index in [0.717, 1.165) is 31.2 Å². The van der Waals surface area contributed by atoms with Gasteiger partial charge in [-0.2, -0.15) is 0 Å². The topological polar surface area (TPSA) is 71.6 Å². The van der Waals surface area contributed by atoms with Crippen LogP contribution in [0.3, 0.4) is 0 Å². The van der Waals surface area contributed by atoms with Crippen molar-refractivity contribution in [1.82, 2.24) is 16.2 Å². The Kier molecular flexibility index (Phi) is 5.11. The Morgan fingerprint density at radius 2 is 2.04 bits per heavy atom. The second-order valence-electron chi connectivity index (χ2n) is 7.60. The largest absolute Gasteiger partial charge is 0.445 e. The lowest BCUT2D eigenvalue weighted by atomic mass is 9.78. The van der Waals surface area contributed by atoms with Crippen molar-refractivity contribution in [1.29, 1.82) is 0 Å². The zero-order chi connectivity index (χ0) is 18.1. The maximum Gasteiger partial charge on any atom is 0.407 e. The van der Waals surface area contributed by atoms with Gasteiger partial charge >= 0.3 is 6.09 Å². The Bertz CT molecular complexity index is 671. The van der Waals surface area contributed by atoms with E-state index in [9.17, 15) is 9.18 Å². The standard InChI is InChI=1S/C19H26FN3O3/c1-11-4-5-21-19(24)25-10-12-6-13(8-14(20)7-12)18-16-9-15(26-11)2-3-17(16)22-23-18/h6-8,11,15-18,22-23H,2-5,9-10H2,1H3,(H,21,24)/t11-,15?,16?,17?,18?/m1/s1. The Morgan fingerprint density at radius 1 is 1.15 bits per heavy atom. The fourth-order valence-electron chi connectivity index (χ4n) is 4.38. The number of fused-ring (bicyclic) bond motifs is 4. The van der Waals surface area contributed by atoms with Crippen molar-refractivity contribution in [3.8, 4) is 0 Å². The van der Waals surface area contributed by atoms with E-state index in [1.54, 1.807) is 6.07 Å². The monoisotopic (exact) mass is 363 g/mol. The SMILES string of the molecule is C[C@@H]1CCNC(=O)OCc2cc(F)cc(c2)C2NNC3CCC(CC32)O1. The Hall–Kier alpha value is -1.70. The number of ether oxygens (including phenoxy) is 2. The average Bonchev–Trinajstić information content (AvgIpc) is 3.02. The number of cyclic esters (lactones) is 1. The highest BCUT2D eigenvalue weighted by molar-refractivity contribution is 5.67. The van der Waals surface area contributed by atoms with Gasteiger partial charge in [0.15, 0.2) is 0 Å². The summed E-state index contributed by atoms with van der Waals surface area (Å²) in [7, 11) is 0. The summed E-state index contributed by atoms with van der Waals surface area (Å²) in [5.41, 5.74) is 8.26. The van der Waals surface area contributed by atoms with E-state index >= 15 is 0 Å². The van der Waals surface area contributed by atoms with Gasteiger partial charge in [-0.3, -0.25) is 5.43 Å². The molecule has 5 atom stereocenters. The van der Waals surface area contributed by atoms with Crippen LogP contribution < -0.4 is 16.2 Å². The third-order valence-corrected chi connectivity index (χ3v) is 5.66. The first-order chi connectivity index (χ1) is 12.6. The molecule has 3 aliphatic rings. The molecule has 2 heterocycles. The van der Waals surface area contributed by atoms with Crippen molar-refractivity contribution in [3.05, 3.63) is 35.1 Å². The van der Waals surface area contributed by atoms with E-state index in [2.05, 4.69) is 16.2 Å². The number of nitrogens with one attached hydrogen (secondary N) is 3. The maximum absolute atomic E-state index is 14.2. The molecule has 7 heteroatoms. The summed E-state index contributed by atoms with van der Waals surface area (Å²) in [5.74, 6) is 0.0368. The highest BCUT2D eigenvalue weighted by atomic mass is 19.1. The molecule has 0 radical (unpaired) electrons. The normalized spacial score (nSPS) is 35.0. The van der Waals surface area contributed by atoms with E-state index in [0.29, 0.717) is 24.1 Å². The average molecular weight is 363 g/mol. The van der Waals surface area contributed by atoms with Crippen LogP contribution in [0.4, 0.5) is 9.18 Å². The van der Waals surface area contributed by atoms with Crippen LogP contribution >= 0.6 is 0 Å². The van der Waals surface area contributed by atoms with Gasteiger partial charge < -0.3 is 14.8 Å². The molecule has 1 saturated heterocycles. The van der Waals surface area contributed by atoms with Crippen LogP contribution in [0.5, 0.6) is 0 Å². The number of carbonyl (C=O) groups is 1. The molecule has 1 saturated carbocycles. The molecule has 2 fully saturated rings. The number of carbonyl (C=O) groups excluding carboxylic acids is 1. The molecule has 2 aliphatic heterocycles. The maximum atomic E-state index is 14.2. The van der Waals surface area contributed by atoms with Gasteiger partial charge in [0.25, 0.3) is 0 Å². The minimum Gasteiger partial charge on any atom is -0.445 e. The molecular weight excluding hydrogens is 337 g/mol. The highest BCUT2D eigenvalue weighted by Gasteiger charge is 2.41. The zero-order valence-corrected chi connectivity index (χ0v) is 15.0. The molecule has 1 aromatic carbocycles. The number of rotatable bonds is 0. The molecule has 1 aromatic rings. The second-order valence-corrected chi connectivity index (χ2v) is 7.60. The van der Waals surface area contributed by atoms with Gasteiger partial charge in [-0.1, -0.05) is 6.07 Å². The van der Waals surface area contributed by atoms with E-state index in [1.165, 1.54) is 6.07 Å². The zero-order valence-electron chi connectivity index (χ0n) is 15.0. The molecule has 26 heavy (non-hydrogen) atoms. The van der Waals surface area contributed by atoms with Crippen LogP contribution in [0.2, 0.25) is 0 Å². The predicted octanol–water partition coefficient (Wildman–Crippen LogP) is 2.55. The Balaban J connectivity index is 1.62. The van der Waals surface area contributed by atoms with Crippen molar-refractivity contribution >= 4 is 6.09 Å². The van der Waals surface area contributed by atoms with Crippen molar-refractivity contribution < 1.29 is 18.7 Å². The lowest BCUT2D eigenvalue weighted by Gasteiger charge is -2.34. The van der Waals surface area contributed by atoms with Crippen LogP contribution in [0.15, 0.2) is 18.2 Å². The molecular formula is C19H26FN3O3. The van der Waals surface area contributed by atoms with Gasteiger partial charge in [-0.25, -0.2) is 14.6 Å². The first-order valence-electron chi connectivity index (χ1n) is 9.45. The Labute approximate surface area is 152 Å². The van der Waals surface area contributed by atoms with E-state index in [4.69, 9.17) is 9.47 Å². The van der Waals surface area contributed by atoms with E-state index in [-0.39, 0.29) is 30.7 Å². The third kappa shape index (κ3) is 3.84. The molecule has 6 nitrogen and oxygen atoms in total. The lowest BCUT2D eigenvalue weighted by molar-refractivity contribution is -0.0380. The van der Waals surface area contributed by atoms with Gasteiger partial charge in [0.1, 0.15) is 12.4 Å². The van der Waals surface area contributed by atoms with Gasteiger partial charge in [-0.05, 0) is 61.8 Å². The van der Waals surface area contributed by atoms with Gasteiger partial charge in [0.05, 0.1) is 18.2 Å². The summed E-state index contributed by atoms with van der Waals surface area (Å²) >= 11 is 0. The number of hydrogen-bond acceptors (Lipinski definition) is 5. The number of amides is 1. The van der Waals surface area contributed by atoms with Gasteiger partial charge in [-0.15, -0.1) is 0 Å². The number of hydrogen-bond donors (Lipinski definition) is 3.